The van der Waals surface area contributed by atoms with Gasteiger partial charge in [0.25, 0.3) is 0 Å². The minimum absolute atomic E-state index is 0.130. The Balaban J connectivity index is 0.000000176. The summed E-state index contributed by atoms with van der Waals surface area (Å²) < 4.78 is 0. The molecule has 43 heavy (non-hydrogen) atoms. The first kappa shape index (κ1) is 29.2. The summed E-state index contributed by atoms with van der Waals surface area (Å²) in [5.41, 5.74) is 12.5. The fourth-order valence-electron chi connectivity index (χ4n) is 7.46. The Morgan fingerprint density at radius 2 is 1.21 bits per heavy atom. The van der Waals surface area contributed by atoms with Crippen molar-refractivity contribution in [2.24, 2.45) is 23.7 Å². The summed E-state index contributed by atoms with van der Waals surface area (Å²) in [4.78, 5) is 0. The summed E-state index contributed by atoms with van der Waals surface area (Å²) in [6, 6.07) is 27.2. The summed E-state index contributed by atoms with van der Waals surface area (Å²) in [6.07, 6.45) is 24.7. The fraction of sp³-hybridized carbons (Fsp3) is 0.302. The Bertz CT molecular complexity index is 1600. The predicted octanol–water partition coefficient (Wildman–Crippen LogP) is 11.5. The molecule has 3 aromatic carbocycles. The average molecular weight is 563 g/mol. The van der Waals surface area contributed by atoms with E-state index in [1.807, 2.05) is 0 Å². The number of fused-ring (bicyclic) bond motifs is 3. The van der Waals surface area contributed by atoms with Gasteiger partial charge in [-0.25, -0.2) is 0 Å². The average Bonchev–Trinajstić information content (AvgIpc) is 3.34. The van der Waals surface area contributed by atoms with Crippen LogP contribution in [0.2, 0.25) is 0 Å². The van der Waals surface area contributed by atoms with Crippen LogP contribution < -0.4 is 0 Å². The number of allylic oxidation sites excluding steroid dienone is 12. The monoisotopic (exact) mass is 562 g/mol. The van der Waals surface area contributed by atoms with Crippen molar-refractivity contribution < 1.29 is 0 Å². The molecule has 0 heteroatoms. The van der Waals surface area contributed by atoms with Crippen LogP contribution in [-0.2, 0) is 5.41 Å². The zero-order valence-electron chi connectivity index (χ0n) is 26.6. The van der Waals surface area contributed by atoms with Crippen LogP contribution in [-0.4, -0.2) is 0 Å². The zero-order valence-corrected chi connectivity index (χ0v) is 26.6. The van der Waals surface area contributed by atoms with Crippen molar-refractivity contribution in [2.75, 3.05) is 0 Å². The fourth-order valence-corrected chi connectivity index (χ4v) is 7.46. The molecule has 0 fully saturated rings. The first-order valence-electron chi connectivity index (χ1n) is 16.2. The molecule has 3 aromatic rings. The van der Waals surface area contributed by atoms with Gasteiger partial charge in [-0.05, 0) is 91.2 Å². The molecule has 7 rings (SSSR count). The van der Waals surface area contributed by atoms with Gasteiger partial charge in [-0.15, -0.1) is 0 Å². The van der Waals surface area contributed by atoms with Gasteiger partial charge in [0.1, 0.15) is 0 Å². The maximum Gasteiger partial charge on any atom is 0.0529 e. The van der Waals surface area contributed by atoms with Crippen LogP contribution in [0.15, 0.2) is 144 Å². The summed E-state index contributed by atoms with van der Waals surface area (Å²) >= 11 is 0. The lowest BCUT2D eigenvalue weighted by Gasteiger charge is -2.40. The normalized spacial score (nSPS) is 23.0. The summed E-state index contributed by atoms with van der Waals surface area (Å²) in [7, 11) is 0. The van der Waals surface area contributed by atoms with Crippen LogP contribution in [0.3, 0.4) is 0 Å². The molecule has 0 spiro atoms. The van der Waals surface area contributed by atoms with Crippen LogP contribution in [0.5, 0.6) is 0 Å². The van der Waals surface area contributed by atoms with E-state index >= 15 is 0 Å². The topological polar surface area (TPSA) is 0 Å². The Kier molecular flexibility index (Phi) is 8.40. The third-order valence-electron chi connectivity index (χ3n) is 10.1. The van der Waals surface area contributed by atoms with Crippen LogP contribution in [0, 0.1) is 30.6 Å². The molecule has 3 unspecified atom stereocenters. The molecular weight excluding hydrogens is 516 g/mol. The minimum Gasteiger partial charge on any atom is -0.0810 e. The SMILES string of the molecule is CC1=CCC(C2(c3ccc(C)cc3)c3ccccc3-c3ccccc32)C=C1.CC1=CCC(C2=CCC(C(C)C)C=C2)C=C1. The Hall–Kier alpha value is -3.90. The molecule has 4 aliphatic carbocycles. The van der Waals surface area contributed by atoms with Gasteiger partial charge in [0.2, 0.25) is 0 Å². The number of rotatable bonds is 4. The quantitative estimate of drug-likeness (QED) is 0.297. The molecule has 3 atom stereocenters. The molecule has 0 aromatic heterocycles. The number of aryl methyl sites for hydroxylation is 1. The third-order valence-corrected chi connectivity index (χ3v) is 10.1. The smallest absolute Gasteiger partial charge is 0.0529 e. The molecule has 0 aliphatic heterocycles. The maximum atomic E-state index is 2.44. The summed E-state index contributed by atoms with van der Waals surface area (Å²) in [5.74, 6) is 2.54. The predicted molar refractivity (Wildman–Crippen MR) is 185 cm³/mol. The zero-order chi connectivity index (χ0) is 30.0. The van der Waals surface area contributed by atoms with Crippen LogP contribution in [0.25, 0.3) is 11.1 Å². The lowest BCUT2D eigenvalue weighted by atomic mass is 9.62. The van der Waals surface area contributed by atoms with E-state index in [9.17, 15) is 0 Å². The summed E-state index contributed by atoms with van der Waals surface area (Å²) in [5, 5.41) is 0. The molecule has 218 valence electrons. The first-order valence-corrected chi connectivity index (χ1v) is 16.2. The first-order chi connectivity index (χ1) is 20.9. The van der Waals surface area contributed by atoms with Gasteiger partial charge in [0.05, 0.1) is 5.41 Å². The highest BCUT2D eigenvalue weighted by Gasteiger charge is 2.48. The van der Waals surface area contributed by atoms with Crippen molar-refractivity contribution in [3.8, 4) is 11.1 Å². The van der Waals surface area contributed by atoms with Gasteiger partial charge in [-0.2, -0.15) is 0 Å². The molecule has 0 heterocycles. The highest BCUT2D eigenvalue weighted by atomic mass is 14.5. The van der Waals surface area contributed by atoms with E-state index in [-0.39, 0.29) is 5.41 Å². The van der Waals surface area contributed by atoms with Crippen molar-refractivity contribution in [3.05, 3.63) is 166 Å². The minimum atomic E-state index is -0.130. The highest BCUT2D eigenvalue weighted by Crippen LogP contribution is 2.57. The number of hydrogen-bond acceptors (Lipinski definition) is 0. The van der Waals surface area contributed by atoms with Gasteiger partial charge in [-0.1, -0.05) is 158 Å². The lowest BCUT2D eigenvalue weighted by molar-refractivity contribution is 0.456. The highest BCUT2D eigenvalue weighted by molar-refractivity contribution is 5.84. The Labute approximate surface area is 260 Å². The van der Waals surface area contributed by atoms with Gasteiger partial charge in [0, 0.05) is 5.92 Å². The molecular formula is C43H46. The van der Waals surface area contributed by atoms with Gasteiger partial charge in [0.15, 0.2) is 0 Å². The molecule has 0 amide bonds. The lowest BCUT2D eigenvalue weighted by Crippen LogP contribution is -2.35. The van der Waals surface area contributed by atoms with Crippen LogP contribution in [0.4, 0.5) is 0 Å². The molecule has 0 radical (unpaired) electrons. The Morgan fingerprint density at radius 1 is 0.605 bits per heavy atom. The van der Waals surface area contributed by atoms with E-state index in [1.54, 1.807) is 0 Å². The summed E-state index contributed by atoms with van der Waals surface area (Å²) in [6.45, 7) is 11.1. The second-order valence-electron chi connectivity index (χ2n) is 13.3. The molecule has 0 saturated carbocycles. The number of benzene rings is 3. The van der Waals surface area contributed by atoms with E-state index in [0.29, 0.717) is 11.8 Å². The standard InChI is InChI=1S/C27H24.C16H22/c1-19-11-15-21(16-12-19)27(22-17-13-20(2)14-18-22)25-9-5-3-7-23(25)24-8-4-6-10-26(24)27;1-12(2)14-8-10-16(11-9-14)15-6-4-13(3)5-7-15/h3-17,22H,18H2,1-2H3;4-6,8,10-12,14-15H,7,9H2,1-3H3. The van der Waals surface area contributed by atoms with Gasteiger partial charge >= 0.3 is 0 Å². The molecule has 0 saturated heterocycles. The number of hydrogen-bond donors (Lipinski definition) is 0. The van der Waals surface area contributed by atoms with Gasteiger partial charge in [-0.3, -0.25) is 0 Å². The Morgan fingerprint density at radius 3 is 1.72 bits per heavy atom. The van der Waals surface area contributed by atoms with E-state index < -0.39 is 0 Å². The molecule has 0 nitrogen and oxygen atoms in total. The molecule has 0 bridgehead atoms. The van der Waals surface area contributed by atoms with E-state index in [4.69, 9.17) is 0 Å². The van der Waals surface area contributed by atoms with E-state index in [1.165, 1.54) is 62.9 Å². The van der Waals surface area contributed by atoms with Crippen LogP contribution in [0.1, 0.15) is 69.2 Å². The van der Waals surface area contributed by atoms with Crippen molar-refractivity contribution in [1.82, 2.24) is 0 Å². The molecule has 4 aliphatic rings. The largest absolute Gasteiger partial charge is 0.0810 e. The van der Waals surface area contributed by atoms with E-state index in [0.717, 1.165) is 18.3 Å². The van der Waals surface area contributed by atoms with E-state index in [2.05, 4.69) is 162 Å². The van der Waals surface area contributed by atoms with Crippen LogP contribution >= 0.6 is 0 Å². The second kappa shape index (κ2) is 12.4. The third kappa shape index (κ3) is 5.61. The van der Waals surface area contributed by atoms with Crippen molar-refractivity contribution >= 4 is 0 Å². The molecule has 0 N–H and O–H groups in total. The second-order valence-corrected chi connectivity index (χ2v) is 13.3. The van der Waals surface area contributed by atoms with Gasteiger partial charge < -0.3 is 0 Å². The van der Waals surface area contributed by atoms with Crippen molar-refractivity contribution in [2.45, 2.75) is 59.3 Å². The maximum absolute atomic E-state index is 2.44. The van der Waals surface area contributed by atoms with Crippen molar-refractivity contribution in [1.29, 1.82) is 0 Å². The van der Waals surface area contributed by atoms with Crippen molar-refractivity contribution in [3.63, 3.8) is 0 Å².